The van der Waals surface area contributed by atoms with Gasteiger partial charge in [0.15, 0.2) is 5.75 Å². The molecule has 1 aliphatic rings. The molecule has 13 heteroatoms. The molecule has 0 atom stereocenters. The van der Waals surface area contributed by atoms with Crippen LogP contribution in [-0.2, 0) is 25.4 Å². The molecule has 0 unspecified atom stereocenters. The standard InChI is InChI=1S/C35H35NO12/c1-16-11-17-24-25-18(12-16)35(45-4)34(42)27-20(39)14-22(44-3)29(31(25)27)28-21(43-2)13-19(38)26(30(24)28)33(41)32(17)36-15-23(40)48-10-9-47-8-7-46-6-5-37/h11,13-14,36-39H,5-10,12,15H2,1-4H3. The number of nitrogens with one attached hydrogen (secondary N) is 1. The number of carbonyl (C=O) groups is 1. The summed E-state index contributed by atoms with van der Waals surface area (Å²) in [7, 11) is 4.24. The van der Waals surface area contributed by atoms with Gasteiger partial charge in [0.05, 0.1) is 70.8 Å². The molecule has 6 rings (SSSR count). The molecule has 4 N–H and O–H groups in total. The number of anilines is 1. The van der Waals surface area contributed by atoms with Crippen LogP contribution >= 0.6 is 0 Å². The third-order valence-electron chi connectivity index (χ3n) is 8.54. The summed E-state index contributed by atoms with van der Waals surface area (Å²) in [6, 6.07) is 2.66. The van der Waals surface area contributed by atoms with Crippen molar-refractivity contribution in [2.75, 3.05) is 72.8 Å². The molecule has 0 radical (unpaired) electrons. The number of aliphatic hydroxyl groups is 1. The van der Waals surface area contributed by atoms with Crippen molar-refractivity contribution < 1.29 is 48.5 Å². The zero-order valence-electron chi connectivity index (χ0n) is 26.9. The number of benzene rings is 5. The predicted octanol–water partition coefficient (Wildman–Crippen LogP) is 3.27. The third-order valence-corrected chi connectivity index (χ3v) is 8.54. The second kappa shape index (κ2) is 13.2. The van der Waals surface area contributed by atoms with E-state index in [1.54, 1.807) is 6.08 Å². The summed E-state index contributed by atoms with van der Waals surface area (Å²) in [6.45, 7) is 2.24. The van der Waals surface area contributed by atoms with Crippen molar-refractivity contribution in [3.63, 3.8) is 0 Å². The molecule has 0 saturated heterocycles. The summed E-state index contributed by atoms with van der Waals surface area (Å²) in [4.78, 5) is 41.0. The number of esters is 1. The summed E-state index contributed by atoms with van der Waals surface area (Å²) < 4.78 is 32.9. The Morgan fingerprint density at radius 3 is 1.94 bits per heavy atom. The Balaban J connectivity index is 1.58. The van der Waals surface area contributed by atoms with Gasteiger partial charge in [-0.25, -0.2) is 0 Å². The van der Waals surface area contributed by atoms with E-state index in [0.717, 1.165) is 5.57 Å². The van der Waals surface area contributed by atoms with Gasteiger partial charge in [-0.1, -0.05) is 11.6 Å². The van der Waals surface area contributed by atoms with Gasteiger partial charge in [0.25, 0.3) is 0 Å². The summed E-state index contributed by atoms with van der Waals surface area (Å²) in [5.74, 6) is -0.811. The van der Waals surface area contributed by atoms with Crippen molar-refractivity contribution >= 4 is 60.8 Å². The topological polar surface area (TPSA) is 179 Å². The molecule has 0 heterocycles. The lowest BCUT2D eigenvalue weighted by Crippen LogP contribution is -2.23. The van der Waals surface area contributed by atoms with E-state index in [1.807, 2.05) is 6.92 Å². The van der Waals surface area contributed by atoms with Crippen LogP contribution in [0.2, 0.25) is 0 Å². The number of phenols is 2. The van der Waals surface area contributed by atoms with Crippen LogP contribution in [-0.4, -0.2) is 88.8 Å². The first-order valence-electron chi connectivity index (χ1n) is 15.3. The fourth-order valence-corrected chi connectivity index (χ4v) is 6.72. The summed E-state index contributed by atoms with van der Waals surface area (Å²) >= 11 is 0. The zero-order valence-corrected chi connectivity index (χ0v) is 26.9. The van der Waals surface area contributed by atoms with Gasteiger partial charge in [-0.2, -0.15) is 0 Å². The van der Waals surface area contributed by atoms with Crippen molar-refractivity contribution in [2.24, 2.45) is 0 Å². The average molecular weight is 662 g/mol. The lowest BCUT2D eigenvalue weighted by atomic mass is 9.83. The molecule has 0 aliphatic heterocycles. The fourth-order valence-electron chi connectivity index (χ4n) is 6.72. The first-order chi connectivity index (χ1) is 23.2. The van der Waals surface area contributed by atoms with Gasteiger partial charge in [0, 0.05) is 50.2 Å². The molecular weight excluding hydrogens is 626 g/mol. The highest BCUT2D eigenvalue weighted by molar-refractivity contribution is 6.39. The molecule has 0 fully saturated rings. The smallest absolute Gasteiger partial charge is 0.325 e. The van der Waals surface area contributed by atoms with Crippen LogP contribution in [0.3, 0.4) is 0 Å². The highest BCUT2D eigenvalue weighted by Crippen LogP contribution is 2.54. The van der Waals surface area contributed by atoms with E-state index in [9.17, 15) is 24.6 Å². The number of fused-ring (bicyclic) bond motifs is 1. The van der Waals surface area contributed by atoms with Gasteiger partial charge in [-0.05, 0) is 18.7 Å². The first kappa shape index (κ1) is 32.8. The van der Waals surface area contributed by atoms with Gasteiger partial charge in [0.2, 0.25) is 10.9 Å². The van der Waals surface area contributed by atoms with Gasteiger partial charge in [-0.15, -0.1) is 0 Å². The van der Waals surface area contributed by atoms with E-state index in [-0.39, 0.29) is 97.8 Å². The third kappa shape index (κ3) is 5.20. The van der Waals surface area contributed by atoms with Gasteiger partial charge >= 0.3 is 5.97 Å². The Kier molecular flexibility index (Phi) is 9.01. The highest BCUT2D eigenvalue weighted by atomic mass is 16.6. The minimum atomic E-state index is -0.648. The van der Waals surface area contributed by atoms with Crippen molar-refractivity contribution in [2.45, 2.75) is 13.3 Å². The number of hydrogen-bond acceptors (Lipinski definition) is 13. The van der Waals surface area contributed by atoms with Crippen LogP contribution in [0.15, 0.2) is 27.3 Å². The van der Waals surface area contributed by atoms with E-state index in [1.165, 1.54) is 33.5 Å². The number of allylic oxidation sites excluding steroid dienone is 1. The lowest BCUT2D eigenvalue weighted by molar-refractivity contribution is -0.143. The van der Waals surface area contributed by atoms with Gasteiger partial charge < -0.3 is 49.1 Å². The Morgan fingerprint density at radius 2 is 1.33 bits per heavy atom. The SMILES string of the molecule is COc1c2c3c4c(c(NCC(=O)OCCOCCOCCO)c(=O)c5c(O)cc(OC)c(c6c(OC)cc(O)c(c1=O)c63)c54)C=C(C)C2. The van der Waals surface area contributed by atoms with Crippen LogP contribution in [0.1, 0.15) is 18.1 Å². The molecule has 1 aliphatic carbocycles. The van der Waals surface area contributed by atoms with E-state index in [0.29, 0.717) is 43.4 Å². The molecule has 48 heavy (non-hydrogen) atoms. The average Bonchev–Trinajstić information content (AvgIpc) is 3.21. The number of aliphatic hydroxyl groups excluding tert-OH is 1. The molecular formula is C35H35NO12. The molecule has 0 bridgehead atoms. The number of aromatic hydroxyl groups is 2. The minimum Gasteiger partial charge on any atom is -0.507 e. The van der Waals surface area contributed by atoms with E-state index in [4.69, 9.17) is 33.5 Å². The quantitative estimate of drug-likeness (QED) is 0.0590. The molecule has 0 saturated carbocycles. The van der Waals surface area contributed by atoms with Crippen LogP contribution in [0.25, 0.3) is 49.2 Å². The maximum absolute atomic E-state index is 14.3. The van der Waals surface area contributed by atoms with Crippen LogP contribution < -0.4 is 30.4 Å². The van der Waals surface area contributed by atoms with Crippen molar-refractivity contribution in [1.82, 2.24) is 0 Å². The van der Waals surface area contributed by atoms with E-state index in [2.05, 4.69) is 5.32 Å². The number of ether oxygens (including phenoxy) is 6. The number of rotatable bonds is 14. The lowest BCUT2D eigenvalue weighted by Gasteiger charge is -2.23. The second-order valence-corrected chi connectivity index (χ2v) is 11.3. The molecule has 0 amide bonds. The Bertz CT molecular complexity index is 2210. The van der Waals surface area contributed by atoms with Crippen molar-refractivity contribution in [3.8, 4) is 28.7 Å². The summed E-state index contributed by atoms with van der Waals surface area (Å²) in [5, 5.41) is 36.8. The molecule has 0 aromatic heterocycles. The van der Waals surface area contributed by atoms with Crippen LogP contribution in [0.5, 0.6) is 28.7 Å². The van der Waals surface area contributed by atoms with E-state index < -0.39 is 16.8 Å². The molecule has 5 aromatic rings. The largest absolute Gasteiger partial charge is 0.507 e. The summed E-state index contributed by atoms with van der Waals surface area (Å²) in [5.41, 5.74) is 0.703. The Labute approximate surface area is 273 Å². The predicted molar refractivity (Wildman–Crippen MR) is 180 cm³/mol. The van der Waals surface area contributed by atoms with Crippen LogP contribution in [0.4, 0.5) is 5.69 Å². The van der Waals surface area contributed by atoms with Crippen molar-refractivity contribution in [3.05, 3.63) is 49.3 Å². The maximum atomic E-state index is 14.3. The Morgan fingerprint density at radius 1 is 0.750 bits per heavy atom. The van der Waals surface area contributed by atoms with Gasteiger partial charge in [0.1, 0.15) is 36.1 Å². The molecule has 13 nitrogen and oxygen atoms in total. The monoisotopic (exact) mass is 661 g/mol. The molecule has 0 spiro atoms. The van der Waals surface area contributed by atoms with Crippen LogP contribution in [0, 0.1) is 0 Å². The molecule has 5 aromatic carbocycles. The number of methoxy groups -OCH3 is 3. The Hall–Kier alpha value is -5.11. The minimum absolute atomic E-state index is 0.00676. The first-order valence-corrected chi connectivity index (χ1v) is 15.3. The number of phenolic OH excluding ortho intramolecular Hbond substituents is 2. The zero-order chi connectivity index (χ0) is 34.3. The van der Waals surface area contributed by atoms with E-state index >= 15 is 0 Å². The normalized spacial score (nSPS) is 12.6. The van der Waals surface area contributed by atoms with Crippen molar-refractivity contribution in [1.29, 1.82) is 0 Å². The van der Waals surface area contributed by atoms with Gasteiger partial charge in [-0.3, -0.25) is 14.4 Å². The molecule has 252 valence electrons. The highest BCUT2D eigenvalue weighted by Gasteiger charge is 2.32. The summed E-state index contributed by atoms with van der Waals surface area (Å²) in [6.07, 6.45) is 2.07. The fraction of sp³-hybridized carbons (Fsp3) is 0.343. The number of hydrogen-bond donors (Lipinski definition) is 4. The maximum Gasteiger partial charge on any atom is 0.325 e. The number of carbonyl (C=O) groups excluding carboxylic acids is 1. The second-order valence-electron chi connectivity index (χ2n) is 11.3.